The van der Waals surface area contributed by atoms with Crippen molar-refractivity contribution >= 4 is 17.5 Å². The van der Waals surface area contributed by atoms with Gasteiger partial charge in [0.25, 0.3) is 0 Å². The molecule has 1 heterocycles. The molecule has 1 saturated heterocycles. The molecule has 4 aliphatic carbocycles. The second-order valence-corrected chi connectivity index (χ2v) is 6.95. The van der Waals surface area contributed by atoms with E-state index in [9.17, 15) is 9.59 Å². The van der Waals surface area contributed by atoms with E-state index < -0.39 is 0 Å². The summed E-state index contributed by atoms with van der Waals surface area (Å²) < 4.78 is 0. The van der Waals surface area contributed by atoms with E-state index >= 15 is 0 Å². The number of benzene rings is 1. The van der Waals surface area contributed by atoms with Crippen molar-refractivity contribution in [1.29, 1.82) is 0 Å². The van der Waals surface area contributed by atoms with Crippen molar-refractivity contribution in [3.63, 3.8) is 0 Å². The van der Waals surface area contributed by atoms with Crippen LogP contribution in [0.4, 0.5) is 5.69 Å². The fraction of sp³-hybridized carbons (Fsp3) is 0.444. The van der Waals surface area contributed by atoms with Crippen molar-refractivity contribution in [2.45, 2.75) is 13.3 Å². The molecular formula is C18H17NO2. The van der Waals surface area contributed by atoms with Crippen molar-refractivity contribution in [1.82, 2.24) is 0 Å². The third-order valence-corrected chi connectivity index (χ3v) is 6.02. The van der Waals surface area contributed by atoms with Crippen LogP contribution in [0.2, 0.25) is 0 Å². The first-order chi connectivity index (χ1) is 10.2. The van der Waals surface area contributed by atoms with Crippen LogP contribution in [0.5, 0.6) is 0 Å². The summed E-state index contributed by atoms with van der Waals surface area (Å²) in [5, 5.41) is 0. The molecule has 0 aromatic heterocycles. The molecule has 0 radical (unpaired) electrons. The molecule has 21 heavy (non-hydrogen) atoms. The van der Waals surface area contributed by atoms with Gasteiger partial charge in [0.2, 0.25) is 11.8 Å². The van der Waals surface area contributed by atoms with Gasteiger partial charge in [0, 0.05) is 0 Å². The maximum absolute atomic E-state index is 12.9. The zero-order chi connectivity index (χ0) is 14.3. The standard InChI is InChI=1S/C18H17NO2/c1-9-4-2-3-5-14(9)19-17(20)15-10-6-7-11(13-8-12(10)13)16(15)18(19)21/h2-7,10-13,15-16H,8H2,1H3/t10-,11-,12-,13+,15-,16+/m0/s1. The van der Waals surface area contributed by atoms with Gasteiger partial charge in [0.15, 0.2) is 0 Å². The number of aryl methyl sites for hydroxylation is 1. The Balaban J connectivity index is 1.62. The predicted octanol–water partition coefficient (Wildman–Crippen LogP) is 2.55. The van der Waals surface area contributed by atoms with Gasteiger partial charge in [-0.25, -0.2) is 4.90 Å². The van der Waals surface area contributed by atoms with Crippen LogP contribution in [-0.2, 0) is 9.59 Å². The predicted molar refractivity (Wildman–Crippen MR) is 78.4 cm³/mol. The highest BCUT2D eigenvalue weighted by molar-refractivity contribution is 6.23. The molecule has 1 aliphatic heterocycles. The number of anilines is 1. The van der Waals surface area contributed by atoms with Crippen molar-refractivity contribution < 1.29 is 9.59 Å². The molecule has 0 unspecified atom stereocenters. The molecule has 1 aromatic rings. The molecule has 106 valence electrons. The van der Waals surface area contributed by atoms with Crippen LogP contribution in [0.25, 0.3) is 0 Å². The quantitative estimate of drug-likeness (QED) is 0.585. The van der Waals surface area contributed by atoms with E-state index in [1.54, 1.807) is 0 Å². The van der Waals surface area contributed by atoms with Crippen LogP contribution in [0.15, 0.2) is 36.4 Å². The summed E-state index contributed by atoms with van der Waals surface area (Å²) in [6.45, 7) is 1.96. The van der Waals surface area contributed by atoms with Crippen molar-refractivity contribution in [3.05, 3.63) is 42.0 Å². The summed E-state index contributed by atoms with van der Waals surface area (Å²) in [6, 6.07) is 7.69. The Morgan fingerprint density at radius 1 is 0.952 bits per heavy atom. The number of para-hydroxylation sites is 1. The summed E-state index contributed by atoms with van der Waals surface area (Å²) in [5.74, 6) is 1.79. The van der Waals surface area contributed by atoms with E-state index in [0.29, 0.717) is 23.7 Å². The minimum absolute atomic E-state index is 0.0315. The summed E-state index contributed by atoms with van der Waals surface area (Å²) in [4.78, 5) is 27.3. The smallest absolute Gasteiger partial charge is 0.238 e. The molecule has 3 heteroatoms. The first-order valence-electron chi connectivity index (χ1n) is 7.80. The molecule has 5 aliphatic rings. The van der Waals surface area contributed by atoms with Crippen LogP contribution >= 0.6 is 0 Å². The molecular weight excluding hydrogens is 262 g/mol. The van der Waals surface area contributed by atoms with Gasteiger partial charge in [-0.1, -0.05) is 30.4 Å². The fourth-order valence-electron chi connectivity index (χ4n) is 5.01. The maximum Gasteiger partial charge on any atom is 0.238 e. The first kappa shape index (κ1) is 11.7. The van der Waals surface area contributed by atoms with Gasteiger partial charge in [-0.05, 0) is 48.6 Å². The van der Waals surface area contributed by atoms with E-state index in [4.69, 9.17) is 0 Å². The van der Waals surface area contributed by atoms with Gasteiger partial charge in [-0.2, -0.15) is 0 Å². The second kappa shape index (κ2) is 3.65. The van der Waals surface area contributed by atoms with Crippen LogP contribution in [0, 0.1) is 42.4 Å². The lowest BCUT2D eigenvalue weighted by Crippen LogP contribution is -2.40. The minimum Gasteiger partial charge on any atom is -0.274 e. The number of hydrogen-bond donors (Lipinski definition) is 0. The fourth-order valence-corrected chi connectivity index (χ4v) is 5.01. The minimum atomic E-state index is -0.101. The number of allylic oxidation sites excluding steroid dienone is 2. The first-order valence-corrected chi connectivity index (χ1v) is 7.80. The number of carbonyl (C=O) groups excluding carboxylic acids is 2. The molecule has 2 saturated carbocycles. The zero-order valence-electron chi connectivity index (χ0n) is 11.9. The number of nitrogens with zero attached hydrogens (tertiary/aromatic N) is 1. The third kappa shape index (κ3) is 1.30. The number of hydrogen-bond acceptors (Lipinski definition) is 2. The Morgan fingerprint density at radius 3 is 2.10 bits per heavy atom. The maximum atomic E-state index is 12.9. The van der Waals surface area contributed by atoms with Crippen molar-refractivity contribution in [3.8, 4) is 0 Å². The van der Waals surface area contributed by atoms with Crippen LogP contribution < -0.4 is 4.90 Å². The highest BCUT2D eigenvalue weighted by atomic mass is 16.2. The Labute approximate surface area is 123 Å². The SMILES string of the molecule is Cc1ccccc1N1C(=O)[C@@H]2[C@H]3C=C[C@@H]([C@@H]4C[C@H]34)[C@@H]2C1=O. The normalized spacial score (nSPS) is 42.2. The number of imide groups is 1. The van der Waals surface area contributed by atoms with Crippen LogP contribution in [-0.4, -0.2) is 11.8 Å². The van der Waals surface area contributed by atoms with E-state index in [0.717, 1.165) is 11.3 Å². The largest absolute Gasteiger partial charge is 0.274 e. The van der Waals surface area contributed by atoms with Gasteiger partial charge in [-0.3, -0.25) is 9.59 Å². The second-order valence-electron chi connectivity index (χ2n) is 6.95. The van der Waals surface area contributed by atoms with Gasteiger partial charge in [0.05, 0.1) is 17.5 Å². The molecule has 0 N–H and O–H groups in total. The molecule has 2 bridgehead atoms. The van der Waals surface area contributed by atoms with E-state index in [1.807, 2.05) is 31.2 Å². The highest BCUT2D eigenvalue weighted by Gasteiger charge is 2.67. The monoisotopic (exact) mass is 279 g/mol. The summed E-state index contributed by atoms with van der Waals surface area (Å²) in [7, 11) is 0. The number of amides is 2. The summed E-state index contributed by atoms with van der Waals surface area (Å²) >= 11 is 0. The van der Waals surface area contributed by atoms with Crippen molar-refractivity contribution in [2.24, 2.45) is 35.5 Å². The highest BCUT2D eigenvalue weighted by Crippen LogP contribution is 2.65. The van der Waals surface area contributed by atoms with Gasteiger partial charge in [-0.15, -0.1) is 0 Å². The lowest BCUT2D eigenvalue weighted by molar-refractivity contribution is -0.124. The van der Waals surface area contributed by atoms with Crippen molar-refractivity contribution in [2.75, 3.05) is 4.90 Å². The zero-order valence-corrected chi connectivity index (χ0v) is 11.9. The Kier molecular flexibility index (Phi) is 2.04. The molecule has 2 amide bonds. The number of carbonyl (C=O) groups is 2. The van der Waals surface area contributed by atoms with E-state index in [2.05, 4.69) is 12.2 Å². The number of rotatable bonds is 1. The van der Waals surface area contributed by atoms with E-state index in [-0.39, 0.29) is 23.7 Å². The van der Waals surface area contributed by atoms with Crippen LogP contribution in [0.1, 0.15) is 12.0 Å². The average molecular weight is 279 g/mol. The summed E-state index contributed by atoms with van der Waals surface area (Å²) in [6.07, 6.45) is 5.64. The van der Waals surface area contributed by atoms with Gasteiger partial charge >= 0.3 is 0 Å². The topological polar surface area (TPSA) is 37.4 Å². The lowest BCUT2D eigenvalue weighted by atomic mass is 9.63. The Hall–Kier alpha value is -1.90. The molecule has 0 spiro atoms. The van der Waals surface area contributed by atoms with Gasteiger partial charge in [0.1, 0.15) is 0 Å². The van der Waals surface area contributed by atoms with Gasteiger partial charge < -0.3 is 0 Å². The van der Waals surface area contributed by atoms with E-state index in [1.165, 1.54) is 11.3 Å². The molecule has 1 aromatic carbocycles. The molecule has 3 nitrogen and oxygen atoms in total. The average Bonchev–Trinajstić information content (AvgIpc) is 3.26. The Bertz CT molecular complexity index is 671. The molecule has 6 rings (SSSR count). The molecule has 6 atom stereocenters. The third-order valence-electron chi connectivity index (χ3n) is 6.02. The molecule has 3 fully saturated rings. The van der Waals surface area contributed by atoms with Crippen LogP contribution in [0.3, 0.4) is 0 Å². The summed E-state index contributed by atoms with van der Waals surface area (Å²) in [5.41, 5.74) is 1.76. The Morgan fingerprint density at radius 2 is 1.52 bits per heavy atom. The lowest BCUT2D eigenvalue weighted by Gasteiger charge is -2.37.